The van der Waals surface area contributed by atoms with Gasteiger partial charge in [-0.3, -0.25) is 0 Å². The number of para-hydroxylation sites is 1. The first kappa shape index (κ1) is 14.3. The van der Waals surface area contributed by atoms with Crippen molar-refractivity contribution in [3.63, 3.8) is 0 Å². The molecule has 0 saturated carbocycles. The highest BCUT2D eigenvalue weighted by molar-refractivity contribution is 7.09. The van der Waals surface area contributed by atoms with E-state index in [1.807, 2.05) is 19.1 Å². The minimum atomic E-state index is -0.151. The van der Waals surface area contributed by atoms with Gasteiger partial charge in [-0.1, -0.05) is 19.1 Å². The molecule has 1 saturated heterocycles. The molecule has 0 amide bonds. The highest BCUT2D eigenvalue weighted by atomic mass is 32.1. The first-order chi connectivity index (χ1) is 10.3. The van der Waals surface area contributed by atoms with E-state index in [2.05, 4.69) is 19.6 Å². The second-order valence-corrected chi connectivity index (χ2v) is 6.00. The number of nitrogens with one attached hydrogen (secondary N) is 1. The molecule has 1 atom stereocenters. The lowest BCUT2D eigenvalue weighted by Crippen LogP contribution is -2.42. The van der Waals surface area contributed by atoms with Crippen LogP contribution in [0.4, 0.5) is 15.2 Å². The molecule has 4 nitrogen and oxygen atoms in total. The number of piperidine rings is 1. The van der Waals surface area contributed by atoms with Gasteiger partial charge < -0.3 is 10.2 Å². The lowest BCUT2D eigenvalue weighted by molar-refractivity contribution is 0.519. The van der Waals surface area contributed by atoms with Crippen molar-refractivity contribution < 1.29 is 4.39 Å². The molecule has 2 heterocycles. The first-order valence-corrected chi connectivity index (χ1v) is 8.12. The van der Waals surface area contributed by atoms with Crippen molar-refractivity contribution in [2.75, 3.05) is 23.3 Å². The molecule has 6 heteroatoms. The van der Waals surface area contributed by atoms with Crippen LogP contribution in [-0.4, -0.2) is 28.5 Å². The predicted octanol–water partition coefficient (Wildman–Crippen LogP) is 3.32. The highest BCUT2D eigenvalue weighted by Crippen LogP contribution is 2.24. The summed E-state index contributed by atoms with van der Waals surface area (Å²) >= 11 is 1.40. The van der Waals surface area contributed by atoms with Crippen LogP contribution in [0.5, 0.6) is 0 Å². The van der Waals surface area contributed by atoms with Crippen LogP contribution in [-0.2, 0) is 6.42 Å². The zero-order valence-corrected chi connectivity index (χ0v) is 12.9. The van der Waals surface area contributed by atoms with Gasteiger partial charge in [0.1, 0.15) is 11.6 Å². The van der Waals surface area contributed by atoms with E-state index in [0.29, 0.717) is 5.69 Å². The van der Waals surface area contributed by atoms with Gasteiger partial charge in [0.05, 0.1) is 5.69 Å². The number of rotatable bonds is 4. The molecule has 0 bridgehead atoms. The first-order valence-electron chi connectivity index (χ1n) is 7.35. The Morgan fingerprint density at radius 2 is 2.29 bits per heavy atom. The molecule has 1 unspecified atom stereocenters. The van der Waals surface area contributed by atoms with Gasteiger partial charge in [-0.2, -0.15) is 4.37 Å². The van der Waals surface area contributed by atoms with E-state index in [0.717, 1.165) is 43.3 Å². The second-order valence-electron chi connectivity index (χ2n) is 5.25. The maximum atomic E-state index is 13.9. The Labute approximate surface area is 128 Å². The molecule has 1 fully saturated rings. The summed E-state index contributed by atoms with van der Waals surface area (Å²) < 4.78 is 18.2. The van der Waals surface area contributed by atoms with E-state index in [1.165, 1.54) is 17.6 Å². The fraction of sp³-hybridized carbons (Fsp3) is 0.467. The van der Waals surface area contributed by atoms with E-state index in [4.69, 9.17) is 0 Å². The quantitative estimate of drug-likeness (QED) is 0.941. The number of halogens is 1. The fourth-order valence-corrected chi connectivity index (χ4v) is 3.38. The van der Waals surface area contributed by atoms with Crippen LogP contribution in [0.25, 0.3) is 0 Å². The molecule has 112 valence electrons. The molecule has 1 aromatic heterocycles. The molecular formula is C15H19FN4S. The fourth-order valence-electron chi connectivity index (χ4n) is 2.65. The number of anilines is 2. The predicted molar refractivity (Wildman–Crippen MR) is 84.5 cm³/mol. The summed E-state index contributed by atoms with van der Waals surface area (Å²) in [6.45, 7) is 3.74. The maximum absolute atomic E-state index is 13.9. The monoisotopic (exact) mass is 306 g/mol. The topological polar surface area (TPSA) is 41.1 Å². The van der Waals surface area contributed by atoms with Gasteiger partial charge in [0.15, 0.2) is 0 Å². The van der Waals surface area contributed by atoms with E-state index in [-0.39, 0.29) is 11.9 Å². The van der Waals surface area contributed by atoms with E-state index in [1.54, 1.807) is 6.07 Å². The Morgan fingerprint density at radius 1 is 1.43 bits per heavy atom. The van der Waals surface area contributed by atoms with Crippen LogP contribution in [0, 0.1) is 5.82 Å². The maximum Gasteiger partial charge on any atom is 0.202 e. The average Bonchev–Trinajstić information content (AvgIpc) is 2.96. The number of aryl methyl sites for hydroxylation is 1. The Hall–Kier alpha value is -1.69. The average molecular weight is 306 g/mol. The van der Waals surface area contributed by atoms with Crippen molar-refractivity contribution in [2.45, 2.75) is 32.2 Å². The Kier molecular flexibility index (Phi) is 4.34. The highest BCUT2D eigenvalue weighted by Gasteiger charge is 2.22. The molecule has 0 spiro atoms. The second kappa shape index (κ2) is 6.39. The summed E-state index contributed by atoms with van der Waals surface area (Å²) in [5.41, 5.74) is 0.690. The van der Waals surface area contributed by atoms with E-state index in [9.17, 15) is 4.39 Å². The van der Waals surface area contributed by atoms with Crippen molar-refractivity contribution in [1.82, 2.24) is 9.36 Å². The number of hydrogen-bond acceptors (Lipinski definition) is 5. The van der Waals surface area contributed by atoms with Crippen molar-refractivity contribution in [3.8, 4) is 0 Å². The van der Waals surface area contributed by atoms with Gasteiger partial charge in [-0.15, -0.1) is 0 Å². The lowest BCUT2D eigenvalue weighted by atomic mass is 10.1. The summed E-state index contributed by atoms with van der Waals surface area (Å²) in [7, 11) is 0. The minimum absolute atomic E-state index is 0.151. The summed E-state index contributed by atoms with van der Waals surface area (Å²) in [5, 5.41) is 4.30. The van der Waals surface area contributed by atoms with Gasteiger partial charge in [0, 0.05) is 37.1 Å². The third-order valence-corrected chi connectivity index (χ3v) is 4.41. The molecule has 1 aliphatic heterocycles. The molecular weight excluding hydrogens is 287 g/mol. The minimum Gasteiger partial charge on any atom is -0.367 e. The number of nitrogens with zero attached hydrogens (tertiary/aromatic N) is 3. The standard InChI is InChI=1S/C15H19FN4S/c1-2-14-18-15(21-19-14)17-11-6-5-9-20(10-11)13-8-4-3-7-12(13)16/h3-4,7-8,11H,2,5-6,9-10H2,1H3,(H,17,18,19). The summed E-state index contributed by atoms with van der Waals surface area (Å²) in [6, 6.07) is 7.26. The lowest BCUT2D eigenvalue weighted by Gasteiger charge is -2.34. The number of hydrogen-bond donors (Lipinski definition) is 1. The largest absolute Gasteiger partial charge is 0.367 e. The summed E-state index contributed by atoms with van der Waals surface area (Å²) in [4.78, 5) is 6.55. The SMILES string of the molecule is CCc1nsc(NC2CCCN(c3ccccc3F)C2)n1. The Morgan fingerprint density at radius 3 is 3.05 bits per heavy atom. The van der Waals surface area contributed by atoms with Crippen LogP contribution < -0.4 is 10.2 Å². The van der Waals surface area contributed by atoms with E-state index >= 15 is 0 Å². The zero-order valence-electron chi connectivity index (χ0n) is 12.1. The van der Waals surface area contributed by atoms with Gasteiger partial charge in [-0.05, 0) is 25.0 Å². The van der Waals surface area contributed by atoms with Gasteiger partial charge in [0.2, 0.25) is 5.13 Å². The van der Waals surface area contributed by atoms with Gasteiger partial charge in [-0.25, -0.2) is 9.37 Å². The van der Waals surface area contributed by atoms with Crippen molar-refractivity contribution >= 4 is 22.4 Å². The molecule has 1 aliphatic rings. The van der Waals surface area contributed by atoms with Crippen LogP contribution in [0.2, 0.25) is 0 Å². The third-order valence-electron chi connectivity index (χ3n) is 3.73. The molecule has 0 radical (unpaired) electrons. The van der Waals surface area contributed by atoms with Crippen LogP contribution in [0.15, 0.2) is 24.3 Å². The van der Waals surface area contributed by atoms with Crippen LogP contribution in [0.3, 0.4) is 0 Å². The third kappa shape index (κ3) is 3.32. The van der Waals surface area contributed by atoms with Gasteiger partial charge >= 0.3 is 0 Å². The molecule has 1 N–H and O–H groups in total. The molecule has 0 aliphatic carbocycles. The van der Waals surface area contributed by atoms with Crippen LogP contribution >= 0.6 is 11.5 Å². The number of aromatic nitrogens is 2. The Bertz CT molecular complexity index is 601. The smallest absolute Gasteiger partial charge is 0.202 e. The zero-order chi connectivity index (χ0) is 14.7. The van der Waals surface area contributed by atoms with E-state index < -0.39 is 0 Å². The summed E-state index contributed by atoms with van der Waals surface area (Å²) in [6.07, 6.45) is 2.97. The normalized spacial score (nSPS) is 18.8. The van der Waals surface area contributed by atoms with Crippen molar-refractivity contribution in [2.24, 2.45) is 0 Å². The van der Waals surface area contributed by atoms with Crippen molar-refractivity contribution in [1.29, 1.82) is 0 Å². The number of benzene rings is 1. The summed E-state index contributed by atoms with van der Waals surface area (Å²) in [5.74, 6) is 0.728. The molecule has 3 rings (SSSR count). The molecule has 21 heavy (non-hydrogen) atoms. The molecule has 2 aromatic rings. The van der Waals surface area contributed by atoms with Crippen LogP contribution in [0.1, 0.15) is 25.6 Å². The Balaban J connectivity index is 1.67. The molecule has 1 aromatic carbocycles. The van der Waals surface area contributed by atoms with Gasteiger partial charge in [0.25, 0.3) is 0 Å². The van der Waals surface area contributed by atoms with Crippen molar-refractivity contribution in [3.05, 3.63) is 35.9 Å².